The number of rotatable bonds is 4. The third-order valence-electron chi connectivity index (χ3n) is 2.86. The molecule has 1 rings (SSSR count). The van der Waals surface area contributed by atoms with Gasteiger partial charge in [-0.15, -0.1) is 0 Å². The first-order valence-electron chi connectivity index (χ1n) is 5.96. The predicted molar refractivity (Wildman–Crippen MR) is 68.2 cm³/mol. The summed E-state index contributed by atoms with van der Waals surface area (Å²) in [6, 6.07) is 1.54. The van der Waals surface area contributed by atoms with Crippen LogP contribution in [0.1, 0.15) is 43.2 Å². The zero-order valence-electron chi connectivity index (χ0n) is 10.8. The Bertz CT molecular complexity index is 449. The van der Waals surface area contributed by atoms with E-state index in [1.807, 2.05) is 20.8 Å². The smallest absolute Gasteiger partial charge is 0.256 e. The van der Waals surface area contributed by atoms with Crippen LogP contribution in [-0.4, -0.2) is 16.9 Å². The summed E-state index contributed by atoms with van der Waals surface area (Å²) in [5.74, 6) is 0.0558. The van der Waals surface area contributed by atoms with Gasteiger partial charge in [0, 0.05) is 24.0 Å². The average Bonchev–Trinajstić information content (AvgIpc) is 2.24. The van der Waals surface area contributed by atoms with E-state index in [1.165, 1.54) is 12.3 Å². The van der Waals surface area contributed by atoms with Gasteiger partial charge in [0.05, 0.1) is 0 Å². The summed E-state index contributed by atoms with van der Waals surface area (Å²) in [4.78, 5) is 26.4. The van der Waals surface area contributed by atoms with Crippen molar-refractivity contribution in [2.45, 2.75) is 40.2 Å². The standard InChI is InChI=1S/C13H20N2O2/c1-5-11(8(2)3)15-13(17)10-7-14-9(4)6-12(10)16/h6-8,11H,5H2,1-4H3,(H,14,16)(H,15,17). The summed E-state index contributed by atoms with van der Waals surface area (Å²) < 4.78 is 0. The van der Waals surface area contributed by atoms with Crippen molar-refractivity contribution in [1.29, 1.82) is 0 Å². The van der Waals surface area contributed by atoms with Gasteiger partial charge in [-0.2, -0.15) is 0 Å². The Hall–Kier alpha value is -1.58. The van der Waals surface area contributed by atoms with Crippen LogP contribution in [-0.2, 0) is 0 Å². The highest BCUT2D eigenvalue weighted by Crippen LogP contribution is 2.06. The Kier molecular flexibility index (Phi) is 4.49. The molecule has 0 spiro atoms. The Morgan fingerprint density at radius 3 is 2.59 bits per heavy atom. The van der Waals surface area contributed by atoms with Crippen LogP contribution in [0, 0.1) is 12.8 Å². The van der Waals surface area contributed by atoms with Crippen molar-refractivity contribution in [3.8, 4) is 0 Å². The molecule has 2 N–H and O–H groups in total. The molecule has 0 aromatic carbocycles. The van der Waals surface area contributed by atoms with E-state index in [4.69, 9.17) is 0 Å². The molecule has 0 aliphatic heterocycles. The molecular formula is C13H20N2O2. The second kappa shape index (κ2) is 5.66. The van der Waals surface area contributed by atoms with Crippen molar-refractivity contribution in [2.75, 3.05) is 0 Å². The fourth-order valence-corrected chi connectivity index (χ4v) is 1.74. The Balaban J connectivity index is 2.86. The van der Waals surface area contributed by atoms with Gasteiger partial charge in [-0.05, 0) is 19.3 Å². The predicted octanol–water partition coefficient (Wildman–Crippen LogP) is 1.85. The van der Waals surface area contributed by atoms with E-state index in [0.29, 0.717) is 5.92 Å². The molecule has 1 atom stereocenters. The first-order valence-corrected chi connectivity index (χ1v) is 5.96. The number of aryl methyl sites for hydroxylation is 1. The number of hydrogen-bond donors (Lipinski definition) is 2. The normalized spacial score (nSPS) is 12.5. The zero-order valence-corrected chi connectivity index (χ0v) is 10.8. The number of carbonyl (C=O) groups excluding carboxylic acids is 1. The molecule has 1 aromatic rings. The van der Waals surface area contributed by atoms with E-state index < -0.39 is 0 Å². The second-order valence-corrected chi connectivity index (χ2v) is 4.63. The largest absolute Gasteiger partial charge is 0.364 e. The molecule has 0 bridgehead atoms. The van der Waals surface area contributed by atoms with Crippen molar-refractivity contribution >= 4 is 5.91 Å². The molecule has 4 heteroatoms. The maximum Gasteiger partial charge on any atom is 0.256 e. The van der Waals surface area contributed by atoms with Gasteiger partial charge < -0.3 is 10.3 Å². The molecule has 1 amide bonds. The number of aromatic amines is 1. The Labute approximate surface area is 101 Å². The number of aromatic nitrogens is 1. The lowest BCUT2D eigenvalue weighted by atomic mass is 10.0. The number of pyridine rings is 1. The lowest BCUT2D eigenvalue weighted by Gasteiger charge is -2.20. The summed E-state index contributed by atoms with van der Waals surface area (Å²) in [7, 11) is 0. The third-order valence-corrected chi connectivity index (χ3v) is 2.86. The molecule has 0 fully saturated rings. The number of nitrogens with one attached hydrogen (secondary N) is 2. The van der Waals surface area contributed by atoms with Crippen molar-refractivity contribution < 1.29 is 4.79 Å². The van der Waals surface area contributed by atoms with E-state index in [0.717, 1.165) is 12.1 Å². The van der Waals surface area contributed by atoms with Crippen LogP contribution in [0.4, 0.5) is 0 Å². The molecule has 0 radical (unpaired) electrons. The lowest BCUT2D eigenvalue weighted by molar-refractivity contribution is 0.0923. The SMILES string of the molecule is CCC(NC(=O)c1c[nH]c(C)cc1=O)C(C)C. The first-order chi connectivity index (χ1) is 7.95. The van der Waals surface area contributed by atoms with E-state index in [9.17, 15) is 9.59 Å². The highest BCUT2D eigenvalue weighted by Gasteiger charge is 2.17. The zero-order chi connectivity index (χ0) is 13.0. The lowest BCUT2D eigenvalue weighted by Crippen LogP contribution is -2.39. The molecule has 1 heterocycles. The maximum atomic E-state index is 11.9. The van der Waals surface area contributed by atoms with Crippen LogP contribution in [0.3, 0.4) is 0 Å². The molecule has 0 saturated heterocycles. The fourth-order valence-electron chi connectivity index (χ4n) is 1.74. The summed E-state index contributed by atoms with van der Waals surface area (Å²) in [5, 5.41) is 2.88. The van der Waals surface area contributed by atoms with Crippen LogP contribution in [0.2, 0.25) is 0 Å². The fraction of sp³-hybridized carbons (Fsp3) is 0.538. The minimum absolute atomic E-state index is 0.100. The number of hydrogen-bond acceptors (Lipinski definition) is 2. The quantitative estimate of drug-likeness (QED) is 0.838. The molecule has 17 heavy (non-hydrogen) atoms. The van der Waals surface area contributed by atoms with Crippen LogP contribution < -0.4 is 10.7 Å². The van der Waals surface area contributed by atoms with Gasteiger partial charge >= 0.3 is 0 Å². The van der Waals surface area contributed by atoms with Crippen LogP contribution in [0.5, 0.6) is 0 Å². The summed E-state index contributed by atoms with van der Waals surface area (Å²) >= 11 is 0. The highest BCUT2D eigenvalue weighted by molar-refractivity contribution is 5.93. The van der Waals surface area contributed by atoms with Crippen molar-refractivity contribution in [1.82, 2.24) is 10.3 Å². The number of H-pyrrole nitrogens is 1. The van der Waals surface area contributed by atoms with Gasteiger partial charge in [0.15, 0.2) is 5.43 Å². The number of carbonyl (C=O) groups is 1. The molecule has 0 aliphatic rings. The molecule has 94 valence electrons. The van der Waals surface area contributed by atoms with Crippen molar-refractivity contribution in [2.24, 2.45) is 5.92 Å². The van der Waals surface area contributed by atoms with Gasteiger partial charge in [-0.3, -0.25) is 9.59 Å². The van der Waals surface area contributed by atoms with Crippen molar-refractivity contribution in [3.63, 3.8) is 0 Å². The van der Waals surface area contributed by atoms with E-state index in [2.05, 4.69) is 10.3 Å². The molecule has 1 aromatic heterocycles. The average molecular weight is 236 g/mol. The van der Waals surface area contributed by atoms with Gasteiger partial charge in [0.1, 0.15) is 5.56 Å². The Morgan fingerprint density at radius 2 is 2.12 bits per heavy atom. The molecular weight excluding hydrogens is 216 g/mol. The molecule has 0 aliphatic carbocycles. The molecule has 0 saturated carbocycles. The number of amides is 1. The maximum absolute atomic E-state index is 11.9. The third kappa shape index (κ3) is 3.44. The minimum atomic E-state index is -0.299. The second-order valence-electron chi connectivity index (χ2n) is 4.63. The minimum Gasteiger partial charge on any atom is -0.364 e. The van der Waals surface area contributed by atoms with Crippen molar-refractivity contribution in [3.05, 3.63) is 33.7 Å². The summed E-state index contributed by atoms with van der Waals surface area (Å²) in [6.07, 6.45) is 2.33. The molecule has 1 unspecified atom stereocenters. The summed E-state index contributed by atoms with van der Waals surface area (Å²) in [5.41, 5.74) is 0.689. The van der Waals surface area contributed by atoms with Crippen LogP contribution >= 0.6 is 0 Å². The van der Waals surface area contributed by atoms with Crippen LogP contribution in [0.15, 0.2) is 17.1 Å². The Morgan fingerprint density at radius 1 is 1.47 bits per heavy atom. The van der Waals surface area contributed by atoms with Crippen LogP contribution in [0.25, 0.3) is 0 Å². The van der Waals surface area contributed by atoms with Gasteiger partial charge in [0.2, 0.25) is 0 Å². The summed E-state index contributed by atoms with van der Waals surface area (Å²) in [6.45, 7) is 7.90. The highest BCUT2D eigenvalue weighted by atomic mass is 16.2. The van der Waals surface area contributed by atoms with E-state index in [1.54, 1.807) is 6.92 Å². The van der Waals surface area contributed by atoms with E-state index >= 15 is 0 Å². The monoisotopic (exact) mass is 236 g/mol. The van der Waals surface area contributed by atoms with Gasteiger partial charge in [0.25, 0.3) is 5.91 Å². The van der Waals surface area contributed by atoms with E-state index in [-0.39, 0.29) is 22.9 Å². The topological polar surface area (TPSA) is 62.0 Å². The van der Waals surface area contributed by atoms with Gasteiger partial charge in [-0.25, -0.2) is 0 Å². The molecule has 4 nitrogen and oxygen atoms in total. The first kappa shape index (κ1) is 13.5. The van der Waals surface area contributed by atoms with Gasteiger partial charge in [-0.1, -0.05) is 20.8 Å².